The lowest BCUT2D eigenvalue weighted by Crippen LogP contribution is -2.02. The van der Waals surface area contributed by atoms with Crippen LogP contribution in [0.4, 0.5) is 0 Å². The lowest BCUT2D eigenvalue weighted by molar-refractivity contribution is 0.591. The van der Waals surface area contributed by atoms with Gasteiger partial charge < -0.3 is 4.57 Å². The quantitative estimate of drug-likeness (QED) is 0.796. The lowest BCUT2D eigenvalue weighted by atomic mass is 10.2. The molecule has 0 saturated carbocycles. The van der Waals surface area contributed by atoms with Crippen LogP contribution >= 0.6 is 11.8 Å². The highest BCUT2D eigenvalue weighted by atomic mass is 32.2. The molecular formula is C13H16N4S. The number of pyridine rings is 1. The van der Waals surface area contributed by atoms with Crippen LogP contribution < -0.4 is 0 Å². The highest BCUT2D eigenvalue weighted by molar-refractivity contribution is 7.98. The SMILES string of the molecule is c1ccc(CSc2nnc3n2CCCCC3)nc1. The molecule has 2 aromatic rings. The molecule has 0 aromatic carbocycles. The molecule has 1 aliphatic heterocycles. The largest absolute Gasteiger partial charge is 0.306 e. The van der Waals surface area contributed by atoms with Gasteiger partial charge in [-0.2, -0.15) is 0 Å². The summed E-state index contributed by atoms with van der Waals surface area (Å²) < 4.78 is 2.28. The van der Waals surface area contributed by atoms with Gasteiger partial charge in [-0.1, -0.05) is 24.2 Å². The van der Waals surface area contributed by atoms with Gasteiger partial charge >= 0.3 is 0 Å². The number of fused-ring (bicyclic) bond motifs is 1. The smallest absolute Gasteiger partial charge is 0.191 e. The summed E-state index contributed by atoms with van der Waals surface area (Å²) in [7, 11) is 0. The van der Waals surface area contributed by atoms with E-state index in [-0.39, 0.29) is 0 Å². The van der Waals surface area contributed by atoms with Crippen LogP contribution in [0.2, 0.25) is 0 Å². The molecule has 4 nitrogen and oxygen atoms in total. The second-order valence-electron chi connectivity index (χ2n) is 4.47. The van der Waals surface area contributed by atoms with Crippen LogP contribution in [-0.4, -0.2) is 19.7 Å². The summed E-state index contributed by atoms with van der Waals surface area (Å²) in [5, 5.41) is 9.64. The summed E-state index contributed by atoms with van der Waals surface area (Å²) in [5.41, 5.74) is 1.09. The van der Waals surface area contributed by atoms with Crippen molar-refractivity contribution < 1.29 is 0 Å². The molecule has 1 aliphatic rings. The summed E-state index contributed by atoms with van der Waals surface area (Å²) in [5.74, 6) is 2.01. The molecule has 0 atom stereocenters. The van der Waals surface area contributed by atoms with Crippen LogP contribution in [0.15, 0.2) is 29.6 Å². The number of hydrogen-bond acceptors (Lipinski definition) is 4. The van der Waals surface area contributed by atoms with Crippen LogP contribution in [-0.2, 0) is 18.7 Å². The molecule has 5 heteroatoms. The first-order valence-corrected chi connectivity index (χ1v) is 7.37. The van der Waals surface area contributed by atoms with E-state index in [1.165, 1.54) is 19.3 Å². The Bertz CT molecular complexity index is 509. The Morgan fingerprint density at radius 2 is 2.17 bits per heavy atom. The first kappa shape index (κ1) is 11.7. The van der Waals surface area contributed by atoms with E-state index >= 15 is 0 Å². The molecule has 3 rings (SSSR count). The fourth-order valence-corrected chi connectivity index (χ4v) is 3.09. The van der Waals surface area contributed by atoms with Gasteiger partial charge in [-0.05, 0) is 25.0 Å². The number of thioether (sulfide) groups is 1. The Kier molecular flexibility index (Phi) is 3.59. The van der Waals surface area contributed by atoms with Crippen molar-refractivity contribution in [2.75, 3.05) is 0 Å². The zero-order valence-corrected chi connectivity index (χ0v) is 11.1. The minimum absolute atomic E-state index is 0.860. The molecular weight excluding hydrogens is 244 g/mol. The molecule has 94 valence electrons. The fraction of sp³-hybridized carbons (Fsp3) is 0.462. The van der Waals surface area contributed by atoms with Gasteiger partial charge in [0.15, 0.2) is 5.16 Å². The number of aryl methyl sites for hydroxylation is 1. The second kappa shape index (κ2) is 5.52. The monoisotopic (exact) mass is 260 g/mol. The highest BCUT2D eigenvalue weighted by Gasteiger charge is 2.14. The van der Waals surface area contributed by atoms with E-state index in [1.807, 2.05) is 24.4 Å². The molecule has 0 radical (unpaired) electrons. The Morgan fingerprint density at radius 1 is 1.17 bits per heavy atom. The summed E-state index contributed by atoms with van der Waals surface area (Å²) in [4.78, 5) is 4.33. The van der Waals surface area contributed by atoms with Crippen molar-refractivity contribution in [1.29, 1.82) is 0 Å². The Labute approximate surface area is 111 Å². The molecule has 2 aromatic heterocycles. The molecule has 0 bridgehead atoms. The fourth-order valence-electron chi connectivity index (χ4n) is 2.19. The predicted molar refractivity (Wildman–Crippen MR) is 71.4 cm³/mol. The van der Waals surface area contributed by atoms with Gasteiger partial charge in [0.2, 0.25) is 0 Å². The van der Waals surface area contributed by atoms with Crippen molar-refractivity contribution in [1.82, 2.24) is 19.7 Å². The normalized spacial score (nSPS) is 15.1. The van der Waals surface area contributed by atoms with Crippen molar-refractivity contribution in [2.45, 2.75) is 43.1 Å². The minimum Gasteiger partial charge on any atom is -0.306 e. The minimum atomic E-state index is 0.860. The van der Waals surface area contributed by atoms with Crippen molar-refractivity contribution in [3.63, 3.8) is 0 Å². The zero-order valence-electron chi connectivity index (χ0n) is 10.2. The first-order chi connectivity index (χ1) is 8.93. The zero-order chi connectivity index (χ0) is 12.2. The van der Waals surface area contributed by atoms with E-state index in [4.69, 9.17) is 0 Å². The lowest BCUT2D eigenvalue weighted by Gasteiger charge is -2.05. The highest BCUT2D eigenvalue weighted by Crippen LogP contribution is 2.23. The Balaban J connectivity index is 1.72. The van der Waals surface area contributed by atoms with Crippen LogP contribution in [0.3, 0.4) is 0 Å². The van der Waals surface area contributed by atoms with E-state index in [0.717, 1.165) is 35.4 Å². The summed E-state index contributed by atoms with van der Waals surface area (Å²) >= 11 is 1.73. The van der Waals surface area contributed by atoms with E-state index in [0.29, 0.717) is 0 Å². The van der Waals surface area contributed by atoms with E-state index in [1.54, 1.807) is 11.8 Å². The topological polar surface area (TPSA) is 43.6 Å². The molecule has 3 heterocycles. The third-order valence-electron chi connectivity index (χ3n) is 3.15. The standard InChI is InChI=1S/C13H16N4S/c1-2-7-12-15-16-13(17(12)9-5-1)18-10-11-6-3-4-8-14-11/h3-4,6,8H,1-2,5,7,9-10H2. The third-order valence-corrected chi connectivity index (χ3v) is 4.15. The van der Waals surface area contributed by atoms with Crippen LogP contribution in [0.25, 0.3) is 0 Å². The summed E-state index contributed by atoms with van der Waals surface area (Å²) in [6, 6.07) is 6.01. The van der Waals surface area contributed by atoms with Crippen LogP contribution in [0, 0.1) is 0 Å². The Hall–Kier alpha value is -1.36. The second-order valence-corrected chi connectivity index (χ2v) is 5.41. The van der Waals surface area contributed by atoms with Crippen molar-refractivity contribution in [3.8, 4) is 0 Å². The molecule has 0 aliphatic carbocycles. The summed E-state index contributed by atoms with van der Waals surface area (Å²) in [6.07, 6.45) is 6.68. The molecule has 0 spiro atoms. The van der Waals surface area contributed by atoms with Gasteiger partial charge in [0.1, 0.15) is 5.82 Å². The number of rotatable bonds is 3. The van der Waals surface area contributed by atoms with Crippen molar-refractivity contribution in [2.24, 2.45) is 0 Å². The molecule has 0 unspecified atom stereocenters. The van der Waals surface area contributed by atoms with E-state index < -0.39 is 0 Å². The number of hydrogen-bond donors (Lipinski definition) is 0. The van der Waals surface area contributed by atoms with Gasteiger partial charge in [0.25, 0.3) is 0 Å². The maximum Gasteiger partial charge on any atom is 0.191 e. The predicted octanol–water partition coefficient (Wildman–Crippen LogP) is 2.69. The average molecular weight is 260 g/mol. The average Bonchev–Trinajstić information content (AvgIpc) is 2.65. The summed E-state index contributed by atoms with van der Waals surface area (Å²) in [6.45, 7) is 1.06. The third kappa shape index (κ3) is 2.56. The van der Waals surface area contributed by atoms with E-state index in [2.05, 4.69) is 19.7 Å². The van der Waals surface area contributed by atoms with Gasteiger partial charge in [-0.3, -0.25) is 4.98 Å². The van der Waals surface area contributed by atoms with Crippen LogP contribution in [0.5, 0.6) is 0 Å². The first-order valence-electron chi connectivity index (χ1n) is 6.38. The van der Waals surface area contributed by atoms with E-state index in [9.17, 15) is 0 Å². The molecule has 0 N–H and O–H groups in total. The maximum atomic E-state index is 4.33. The number of aromatic nitrogens is 4. The van der Waals surface area contributed by atoms with Crippen molar-refractivity contribution in [3.05, 3.63) is 35.9 Å². The van der Waals surface area contributed by atoms with Gasteiger partial charge in [-0.25, -0.2) is 0 Å². The van der Waals surface area contributed by atoms with Gasteiger partial charge in [0, 0.05) is 24.9 Å². The molecule has 18 heavy (non-hydrogen) atoms. The van der Waals surface area contributed by atoms with Crippen LogP contribution in [0.1, 0.15) is 30.8 Å². The molecule has 0 saturated heterocycles. The maximum absolute atomic E-state index is 4.33. The molecule has 0 amide bonds. The Morgan fingerprint density at radius 3 is 3.06 bits per heavy atom. The van der Waals surface area contributed by atoms with Crippen molar-refractivity contribution >= 4 is 11.8 Å². The molecule has 0 fully saturated rings. The van der Waals surface area contributed by atoms with Gasteiger partial charge in [-0.15, -0.1) is 10.2 Å². The number of nitrogens with zero attached hydrogens (tertiary/aromatic N) is 4. The van der Waals surface area contributed by atoms with Gasteiger partial charge in [0.05, 0.1) is 5.69 Å².